The Bertz CT molecular complexity index is 859. The maximum atomic E-state index is 12.7. The number of hydrogen-bond acceptors (Lipinski definition) is 3. The van der Waals surface area contributed by atoms with Crippen LogP contribution in [-0.4, -0.2) is 55.0 Å². The topological polar surface area (TPSA) is 61.9 Å². The molecule has 1 heterocycles. The van der Waals surface area contributed by atoms with Gasteiger partial charge in [-0.05, 0) is 54.3 Å². The highest BCUT2D eigenvalue weighted by atomic mass is 35.5. The molecule has 0 spiro atoms. The summed E-state index contributed by atoms with van der Waals surface area (Å²) in [7, 11) is 1.79. The van der Waals surface area contributed by atoms with Gasteiger partial charge < -0.3 is 19.9 Å². The van der Waals surface area contributed by atoms with Crippen molar-refractivity contribution in [1.29, 1.82) is 0 Å². The standard InChI is InChI=1S/C22H25Cl2N3O3/c1-26(13-16-2-4-18(23)5-3-16)22(29)27-11-10-17(14-27)12-25-21(28)15-30-20-8-6-19(24)7-9-20/h2-9,17H,10-15H2,1H3,(H,25,28). The minimum atomic E-state index is -0.186. The van der Waals surface area contributed by atoms with Gasteiger partial charge in [0.25, 0.3) is 5.91 Å². The number of rotatable bonds is 7. The van der Waals surface area contributed by atoms with Crippen LogP contribution in [0.3, 0.4) is 0 Å². The molecule has 0 aliphatic carbocycles. The zero-order valence-corrected chi connectivity index (χ0v) is 18.3. The highest BCUT2D eigenvalue weighted by Gasteiger charge is 2.28. The Morgan fingerprint density at radius 2 is 1.73 bits per heavy atom. The van der Waals surface area contributed by atoms with E-state index in [0.717, 1.165) is 12.0 Å². The summed E-state index contributed by atoms with van der Waals surface area (Å²) in [6.07, 6.45) is 0.860. The lowest BCUT2D eigenvalue weighted by Gasteiger charge is -2.25. The van der Waals surface area contributed by atoms with E-state index >= 15 is 0 Å². The van der Waals surface area contributed by atoms with E-state index in [-0.39, 0.29) is 24.5 Å². The lowest BCUT2D eigenvalue weighted by atomic mass is 10.1. The molecule has 30 heavy (non-hydrogen) atoms. The van der Waals surface area contributed by atoms with E-state index < -0.39 is 0 Å². The Morgan fingerprint density at radius 3 is 2.40 bits per heavy atom. The first-order valence-electron chi connectivity index (χ1n) is 9.80. The molecule has 1 N–H and O–H groups in total. The van der Waals surface area contributed by atoms with Crippen molar-refractivity contribution in [3.8, 4) is 5.75 Å². The van der Waals surface area contributed by atoms with Gasteiger partial charge in [-0.15, -0.1) is 0 Å². The highest BCUT2D eigenvalue weighted by molar-refractivity contribution is 6.30. The lowest BCUT2D eigenvalue weighted by molar-refractivity contribution is -0.123. The Hall–Kier alpha value is -2.44. The Morgan fingerprint density at radius 1 is 1.10 bits per heavy atom. The first kappa shape index (κ1) is 22.2. The molecule has 3 rings (SSSR count). The molecule has 0 radical (unpaired) electrons. The number of ether oxygens (including phenoxy) is 1. The molecule has 8 heteroatoms. The van der Waals surface area contributed by atoms with Crippen molar-refractivity contribution >= 4 is 35.1 Å². The summed E-state index contributed by atoms with van der Waals surface area (Å²) in [6.45, 7) is 2.30. The average molecular weight is 450 g/mol. The number of halogens is 2. The fraction of sp³-hybridized carbons (Fsp3) is 0.364. The van der Waals surface area contributed by atoms with Gasteiger partial charge in [-0.2, -0.15) is 0 Å². The number of likely N-dealkylation sites (tertiary alicyclic amines) is 1. The minimum Gasteiger partial charge on any atom is -0.484 e. The zero-order chi connectivity index (χ0) is 21.5. The Balaban J connectivity index is 1.37. The van der Waals surface area contributed by atoms with Crippen molar-refractivity contribution in [2.24, 2.45) is 5.92 Å². The lowest BCUT2D eigenvalue weighted by Crippen LogP contribution is -2.40. The van der Waals surface area contributed by atoms with E-state index in [4.69, 9.17) is 27.9 Å². The van der Waals surface area contributed by atoms with Crippen LogP contribution in [0.1, 0.15) is 12.0 Å². The molecule has 0 bridgehead atoms. The molecule has 1 saturated heterocycles. The summed E-state index contributed by atoms with van der Waals surface area (Å²) in [6, 6.07) is 14.3. The van der Waals surface area contributed by atoms with Crippen LogP contribution < -0.4 is 10.1 Å². The Kier molecular flexibility index (Phi) is 7.82. The molecule has 160 valence electrons. The van der Waals surface area contributed by atoms with Crippen LogP contribution in [0.2, 0.25) is 10.0 Å². The smallest absolute Gasteiger partial charge is 0.320 e. The van der Waals surface area contributed by atoms with E-state index in [9.17, 15) is 9.59 Å². The molecule has 1 fully saturated rings. The van der Waals surface area contributed by atoms with Crippen LogP contribution in [0.25, 0.3) is 0 Å². The maximum absolute atomic E-state index is 12.7. The fourth-order valence-corrected chi connectivity index (χ4v) is 3.59. The Labute approximate surface area is 186 Å². The van der Waals surface area contributed by atoms with Gasteiger partial charge in [0.05, 0.1) is 0 Å². The number of amides is 3. The monoisotopic (exact) mass is 449 g/mol. The summed E-state index contributed by atoms with van der Waals surface area (Å²) >= 11 is 11.7. The molecule has 2 aromatic carbocycles. The third-order valence-electron chi connectivity index (χ3n) is 4.99. The van der Waals surface area contributed by atoms with Gasteiger partial charge in [0, 0.05) is 43.3 Å². The quantitative estimate of drug-likeness (QED) is 0.692. The van der Waals surface area contributed by atoms with Crippen LogP contribution in [0, 0.1) is 5.92 Å². The molecule has 1 atom stereocenters. The van der Waals surface area contributed by atoms with E-state index in [1.807, 2.05) is 29.2 Å². The predicted octanol–water partition coefficient (Wildman–Crippen LogP) is 4.06. The highest BCUT2D eigenvalue weighted by Crippen LogP contribution is 2.19. The number of carbonyl (C=O) groups excluding carboxylic acids is 2. The van der Waals surface area contributed by atoms with Crippen LogP contribution >= 0.6 is 23.2 Å². The summed E-state index contributed by atoms with van der Waals surface area (Å²) < 4.78 is 5.44. The second-order valence-electron chi connectivity index (χ2n) is 7.41. The molecule has 0 aromatic heterocycles. The molecular weight excluding hydrogens is 425 g/mol. The first-order chi connectivity index (χ1) is 14.4. The summed E-state index contributed by atoms with van der Waals surface area (Å²) in [4.78, 5) is 28.3. The largest absolute Gasteiger partial charge is 0.484 e. The first-order valence-corrected chi connectivity index (χ1v) is 10.6. The van der Waals surface area contributed by atoms with Crippen LogP contribution in [0.15, 0.2) is 48.5 Å². The number of urea groups is 1. The molecule has 1 aliphatic heterocycles. The number of carbonyl (C=O) groups is 2. The normalized spacial score (nSPS) is 15.7. The number of hydrogen-bond donors (Lipinski definition) is 1. The van der Waals surface area contributed by atoms with E-state index in [2.05, 4.69) is 5.32 Å². The summed E-state index contributed by atoms with van der Waals surface area (Å²) in [5.74, 6) is 0.642. The maximum Gasteiger partial charge on any atom is 0.320 e. The van der Waals surface area contributed by atoms with Crippen molar-refractivity contribution in [3.63, 3.8) is 0 Å². The van der Waals surface area contributed by atoms with Crippen LogP contribution in [0.4, 0.5) is 4.79 Å². The third-order valence-corrected chi connectivity index (χ3v) is 5.49. The van der Waals surface area contributed by atoms with Crippen molar-refractivity contribution in [1.82, 2.24) is 15.1 Å². The van der Waals surface area contributed by atoms with Gasteiger partial charge in [0.2, 0.25) is 0 Å². The summed E-state index contributed by atoms with van der Waals surface area (Å²) in [5, 5.41) is 4.18. The molecule has 3 amide bonds. The van der Waals surface area contributed by atoms with Crippen molar-refractivity contribution < 1.29 is 14.3 Å². The van der Waals surface area contributed by atoms with Gasteiger partial charge in [0.15, 0.2) is 6.61 Å². The minimum absolute atomic E-state index is 0.00940. The molecule has 2 aromatic rings. The predicted molar refractivity (Wildman–Crippen MR) is 118 cm³/mol. The number of nitrogens with zero attached hydrogens (tertiary/aromatic N) is 2. The van der Waals surface area contributed by atoms with E-state index in [1.165, 1.54) is 0 Å². The van der Waals surface area contributed by atoms with Gasteiger partial charge in [0.1, 0.15) is 5.75 Å². The molecule has 0 saturated carbocycles. The molecule has 1 unspecified atom stereocenters. The average Bonchev–Trinajstić information content (AvgIpc) is 3.22. The molecular formula is C22H25Cl2N3O3. The second-order valence-corrected chi connectivity index (χ2v) is 8.29. The number of nitrogens with one attached hydrogen (secondary N) is 1. The van der Waals surface area contributed by atoms with Gasteiger partial charge >= 0.3 is 6.03 Å². The van der Waals surface area contributed by atoms with Crippen molar-refractivity contribution in [2.75, 3.05) is 33.3 Å². The molecule has 1 aliphatic rings. The zero-order valence-electron chi connectivity index (χ0n) is 16.8. The van der Waals surface area contributed by atoms with Gasteiger partial charge in [-0.25, -0.2) is 4.79 Å². The molecule has 6 nitrogen and oxygen atoms in total. The SMILES string of the molecule is CN(Cc1ccc(Cl)cc1)C(=O)N1CCC(CNC(=O)COc2ccc(Cl)cc2)C1. The van der Waals surface area contributed by atoms with Crippen LogP contribution in [-0.2, 0) is 11.3 Å². The van der Waals surface area contributed by atoms with Gasteiger partial charge in [-0.1, -0.05) is 35.3 Å². The fourth-order valence-electron chi connectivity index (χ4n) is 3.33. The summed E-state index contributed by atoms with van der Waals surface area (Å²) in [5.41, 5.74) is 1.03. The van der Waals surface area contributed by atoms with Crippen molar-refractivity contribution in [2.45, 2.75) is 13.0 Å². The number of benzene rings is 2. The van der Waals surface area contributed by atoms with Crippen LogP contribution in [0.5, 0.6) is 5.75 Å². The van der Waals surface area contributed by atoms with Crippen molar-refractivity contribution in [3.05, 3.63) is 64.1 Å². The third kappa shape index (κ3) is 6.54. The van der Waals surface area contributed by atoms with E-state index in [0.29, 0.717) is 42.0 Å². The second kappa shape index (κ2) is 10.5. The van der Waals surface area contributed by atoms with E-state index in [1.54, 1.807) is 36.2 Å². The van der Waals surface area contributed by atoms with Gasteiger partial charge in [-0.3, -0.25) is 4.79 Å².